The van der Waals surface area contributed by atoms with E-state index in [9.17, 15) is 4.79 Å². The zero-order valence-electron chi connectivity index (χ0n) is 9.49. The number of aromatic nitrogens is 1. The molecule has 1 aromatic heterocycles. The van der Waals surface area contributed by atoms with Crippen LogP contribution in [0.25, 0.3) is 0 Å². The topological polar surface area (TPSA) is 54.0 Å². The molecule has 1 unspecified atom stereocenters. The highest BCUT2D eigenvalue weighted by Crippen LogP contribution is 2.22. The molecule has 1 aromatic rings. The van der Waals surface area contributed by atoms with E-state index >= 15 is 0 Å². The van der Waals surface area contributed by atoms with Crippen LogP contribution < -0.4 is 10.6 Å². The highest BCUT2D eigenvalue weighted by atomic mass is 16.1. The van der Waals surface area contributed by atoms with Gasteiger partial charge in [-0.2, -0.15) is 0 Å². The fraction of sp³-hybridized carbons (Fsp3) is 0.500. The molecule has 16 heavy (non-hydrogen) atoms. The first-order valence-corrected chi connectivity index (χ1v) is 5.68. The van der Waals surface area contributed by atoms with E-state index in [4.69, 9.17) is 0 Å². The molecule has 0 aromatic carbocycles. The smallest absolute Gasteiger partial charge is 0.217 e. The minimum atomic E-state index is -0.0220. The first-order valence-electron chi connectivity index (χ1n) is 5.68. The van der Waals surface area contributed by atoms with Crippen molar-refractivity contribution in [2.75, 3.05) is 6.54 Å². The van der Waals surface area contributed by atoms with Crippen LogP contribution >= 0.6 is 0 Å². The summed E-state index contributed by atoms with van der Waals surface area (Å²) in [6.45, 7) is 3.12. The van der Waals surface area contributed by atoms with Gasteiger partial charge in [0.2, 0.25) is 5.91 Å². The Labute approximate surface area is 95.5 Å². The maximum absolute atomic E-state index is 10.8. The van der Waals surface area contributed by atoms with Gasteiger partial charge in [-0.1, -0.05) is 0 Å². The molecule has 2 rings (SSSR count). The quantitative estimate of drug-likeness (QED) is 0.801. The molecule has 2 heterocycles. The van der Waals surface area contributed by atoms with Gasteiger partial charge in [0.1, 0.15) is 0 Å². The molecule has 1 fully saturated rings. The van der Waals surface area contributed by atoms with Gasteiger partial charge in [-0.05, 0) is 37.1 Å². The maximum atomic E-state index is 10.8. The zero-order valence-corrected chi connectivity index (χ0v) is 9.49. The van der Waals surface area contributed by atoms with E-state index in [1.54, 1.807) is 0 Å². The number of nitrogens with zero attached hydrogens (tertiary/aromatic N) is 1. The minimum absolute atomic E-state index is 0.0220. The van der Waals surface area contributed by atoms with Crippen LogP contribution in [0.5, 0.6) is 0 Å². The SMILES string of the molecule is CC(=O)NCc1cc(C2CCCN2)ccn1. The second-order valence-corrected chi connectivity index (χ2v) is 4.14. The van der Waals surface area contributed by atoms with Crippen molar-refractivity contribution in [1.29, 1.82) is 0 Å². The number of carbonyl (C=O) groups excluding carboxylic acids is 1. The first kappa shape index (κ1) is 11.1. The first-order chi connectivity index (χ1) is 7.75. The van der Waals surface area contributed by atoms with Crippen molar-refractivity contribution in [3.63, 3.8) is 0 Å². The van der Waals surface area contributed by atoms with E-state index in [0.717, 1.165) is 12.2 Å². The van der Waals surface area contributed by atoms with E-state index in [0.29, 0.717) is 12.6 Å². The van der Waals surface area contributed by atoms with Crippen LogP contribution in [0.15, 0.2) is 18.3 Å². The summed E-state index contributed by atoms with van der Waals surface area (Å²) in [5.74, 6) is -0.0220. The average Bonchev–Trinajstić information content (AvgIpc) is 2.80. The van der Waals surface area contributed by atoms with Gasteiger partial charge >= 0.3 is 0 Å². The number of amides is 1. The third-order valence-corrected chi connectivity index (χ3v) is 2.82. The number of hydrogen-bond donors (Lipinski definition) is 2. The van der Waals surface area contributed by atoms with E-state index in [2.05, 4.69) is 21.7 Å². The van der Waals surface area contributed by atoms with Gasteiger partial charge in [0.25, 0.3) is 0 Å². The molecule has 1 saturated heterocycles. The lowest BCUT2D eigenvalue weighted by Crippen LogP contribution is -2.20. The van der Waals surface area contributed by atoms with E-state index in [1.807, 2.05) is 12.3 Å². The lowest BCUT2D eigenvalue weighted by molar-refractivity contribution is -0.119. The largest absolute Gasteiger partial charge is 0.351 e. The van der Waals surface area contributed by atoms with Crippen LogP contribution in [0.4, 0.5) is 0 Å². The van der Waals surface area contributed by atoms with Crippen LogP contribution in [0.1, 0.15) is 37.1 Å². The third kappa shape index (κ3) is 2.79. The normalized spacial score (nSPS) is 19.7. The van der Waals surface area contributed by atoms with Crippen LogP contribution in [-0.4, -0.2) is 17.4 Å². The molecule has 1 aliphatic rings. The molecular weight excluding hydrogens is 202 g/mol. The van der Waals surface area contributed by atoms with Gasteiger partial charge in [0.15, 0.2) is 0 Å². The van der Waals surface area contributed by atoms with Crippen molar-refractivity contribution >= 4 is 5.91 Å². The summed E-state index contributed by atoms with van der Waals surface area (Å²) in [6, 6.07) is 4.57. The Hall–Kier alpha value is -1.42. The summed E-state index contributed by atoms with van der Waals surface area (Å²) in [5.41, 5.74) is 2.19. The van der Waals surface area contributed by atoms with Gasteiger partial charge < -0.3 is 10.6 Å². The molecule has 1 amide bonds. The second kappa shape index (κ2) is 5.07. The van der Waals surface area contributed by atoms with Crippen molar-refractivity contribution in [2.45, 2.75) is 32.4 Å². The van der Waals surface area contributed by atoms with Crippen molar-refractivity contribution in [3.05, 3.63) is 29.6 Å². The molecule has 1 aliphatic heterocycles. The number of pyridine rings is 1. The Kier molecular flexibility index (Phi) is 3.51. The van der Waals surface area contributed by atoms with Gasteiger partial charge in [-0.25, -0.2) is 0 Å². The molecule has 1 atom stereocenters. The molecule has 0 aliphatic carbocycles. The van der Waals surface area contributed by atoms with Gasteiger partial charge in [-0.3, -0.25) is 9.78 Å². The summed E-state index contributed by atoms with van der Waals surface area (Å²) in [4.78, 5) is 15.0. The molecule has 0 spiro atoms. The van der Waals surface area contributed by atoms with Gasteiger partial charge in [-0.15, -0.1) is 0 Å². The summed E-state index contributed by atoms with van der Waals surface area (Å²) in [7, 11) is 0. The summed E-state index contributed by atoms with van der Waals surface area (Å²) in [5, 5.41) is 6.21. The number of nitrogens with one attached hydrogen (secondary N) is 2. The molecule has 0 saturated carbocycles. The second-order valence-electron chi connectivity index (χ2n) is 4.14. The van der Waals surface area contributed by atoms with Crippen LogP contribution in [-0.2, 0) is 11.3 Å². The van der Waals surface area contributed by atoms with Crippen LogP contribution in [0.2, 0.25) is 0 Å². The lowest BCUT2D eigenvalue weighted by Gasteiger charge is -2.11. The Morgan fingerprint density at radius 1 is 1.69 bits per heavy atom. The van der Waals surface area contributed by atoms with E-state index in [1.165, 1.54) is 25.3 Å². The van der Waals surface area contributed by atoms with Crippen LogP contribution in [0, 0.1) is 0 Å². The molecule has 86 valence electrons. The molecule has 4 heteroatoms. The highest BCUT2D eigenvalue weighted by Gasteiger charge is 2.16. The third-order valence-electron chi connectivity index (χ3n) is 2.82. The predicted molar refractivity (Wildman–Crippen MR) is 61.7 cm³/mol. The minimum Gasteiger partial charge on any atom is -0.351 e. The fourth-order valence-electron chi connectivity index (χ4n) is 1.99. The number of hydrogen-bond acceptors (Lipinski definition) is 3. The maximum Gasteiger partial charge on any atom is 0.217 e. The fourth-order valence-corrected chi connectivity index (χ4v) is 1.99. The van der Waals surface area contributed by atoms with Crippen molar-refractivity contribution in [3.8, 4) is 0 Å². The number of carbonyl (C=O) groups is 1. The Morgan fingerprint density at radius 3 is 3.25 bits per heavy atom. The zero-order chi connectivity index (χ0) is 11.4. The average molecular weight is 219 g/mol. The summed E-state index contributed by atoms with van der Waals surface area (Å²) < 4.78 is 0. The molecular formula is C12H17N3O. The van der Waals surface area contributed by atoms with Gasteiger partial charge in [0, 0.05) is 19.2 Å². The van der Waals surface area contributed by atoms with E-state index < -0.39 is 0 Å². The molecule has 2 N–H and O–H groups in total. The lowest BCUT2D eigenvalue weighted by atomic mass is 10.1. The standard InChI is InChI=1S/C12H17N3O/c1-9(16)15-8-11-7-10(4-6-13-11)12-3-2-5-14-12/h4,6-7,12,14H,2-3,5,8H2,1H3,(H,15,16). The van der Waals surface area contributed by atoms with Crippen molar-refractivity contribution in [1.82, 2.24) is 15.6 Å². The highest BCUT2D eigenvalue weighted by molar-refractivity contribution is 5.72. The molecule has 4 nitrogen and oxygen atoms in total. The Bertz CT molecular complexity index is 372. The van der Waals surface area contributed by atoms with Crippen LogP contribution in [0.3, 0.4) is 0 Å². The Balaban J connectivity index is 2.03. The van der Waals surface area contributed by atoms with E-state index in [-0.39, 0.29) is 5.91 Å². The monoisotopic (exact) mass is 219 g/mol. The summed E-state index contributed by atoms with van der Waals surface area (Å²) in [6.07, 6.45) is 4.23. The Morgan fingerprint density at radius 2 is 2.56 bits per heavy atom. The number of rotatable bonds is 3. The van der Waals surface area contributed by atoms with Crippen molar-refractivity contribution in [2.24, 2.45) is 0 Å². The van der Waals surface area contributed by atoms with Gasteiger partial charge in [0.05, 0.1) is 12.2 Å². The van der Waals surface area contributed by atoms with Crippen molar-refractivity contribution < 1.29 is 4.79 Å². The molecule has 0 bridgehead atoms. The summed E-state index contributed by atoms with van der Waals surface area (Å²) >= 11 is 0. The predicted octanol–water partition coefficient (Wildman–Crippen LogP) is 1.14. The molecule has 0 radical (unpaired) electrons.